The molecule has 3 atom stereocenters. The number of carbonyl (C=O) groups excluding carboxylic acids is 3. The second-order valence-electron chi connectivity index (χ2n) is 7.53. The van der Waals surface area contributed by atoms with Crippen molar-refractivity contribution in [3.05, 3.63) is 36.4 Å². The topological polar surface area (TPSA) is 199 Å². The number of nitrogens with zero attached hydrogens (tertiary/aromatic N) is 3. The Morgan fingerprint density at radius 2 is 1.81 bits per heavy atom. The van der Waals surface area contributed by atoms with Crippen LogP contribution in [0.15, 0.2) is 25.0 Å². The summed E-state index contributed by atoms with van der Waals surface area (Å²) in [4.78, 5) is 63.8. The number of imidazole rings is 2. The Labute approximate surface area is 183 Å². The van der Waals surface area contributed by atoms with Gasteiger partial charge in [0.05, 0.1) is 25.2 Å². The maximum atomic E-state index is 12.7. The Balaban J connectivity index is 1.51. The Morgan fingerprint density at radius 3 is 2.41 bits per heavy atom. The van der Waals surface area contributed by atoms with Crippen molar-refractivity contribution in [2.24, 2.45) is 5.73 Å². The molecule has 0 bridgehead atoms. The predicted octanol–water partition coefficient (Wildman–Crippen LogP) is -2.08. The summed E-state index contributed by atoms with van der Waals surface area (Å²) in [7, 11) is 0. The van der Waals surface area contributed by atoms with E-state index in [0.717, 1.165) is 0 Å². The molecular formula is C19H26N8O5. The molecule has 1 aliphatic heterocycles. The number of carboxylic acids is 1. The second kappa shape index (κ2) is 10.5. The summed E-state index contributed by atoms with van der Waals surface area (Å²) in [6.45, 7) is 0.0288. The normalized spacial score (nSPS) is 17.5. The zero-order chi connectivity index (χ0) is 23.1. The average molecular weight is 446 g/mol. The first-order valence-corrected chi connectivity index (χ1v) is 10.2. The molecule has 3 unspecified atom stereocenters. The van der Waals surface area contributed by atoms with Gasteiger partial charge in [0.15, 0.2) is 0 Å². The van der Waals surface area contributed by atoms with Gasteiger partial charge in [-0.3, -0.25) is 14.4 Å². The minimum atomic E-state index is -1.19. The van der Waals surface area contributed by atoms with E-state index in [-0.39, 0.29) is 19.4 Å². The Kier molecular flexibility index (Phi) is 7.54. The number of amides is 3. The second-order valence-corrected chi connectivity index (χ2v) is 7.53. The van der Waals surface area contributed by atoms with Crippen LogP contribution in [-0.2, 0) is 32.0 Å². The van der Waals surface area contributed by atoms with Gasteiger partial charge in [-0.05, 0) is 12.8 Å². The zero-order valence-corrected chi connectivity index (χ0v) is 17.3. The van der Waals surface area contributed by atoms with Crippen molar-refractivity contribution in [1.82, 2.24) is 35.5 Å². The Hall–Kier alpha value is -3.74. The molecule has 2 aromatic heterocycles. The van der Waals surface area contributed by atoms with E-state index in [2.05, 4.69) is 30.6 Å². The number of hydrogen-bond acceptors (Lipinski definition) is 7. The van der Waals surface area contributed by atoms with Gasteiger partial charge in [0.1, 0.15) is 12.1 Å². The van der Waals surface area contributed by atoms with Gasteiger partial charge in [-0.2, -0.15) is 0 Å². The molecule has 1 aliphatic rings. The van der Waals surface area contributed by atoms with E-state index in [1.807, 2.05) is 0 Å². The highest BCUT2D eigenvalue weighted by Crippen LogP contribution is 2.18. The smallest absolute Gasteiger partial charge is 0.326 e. The minimum absolute atomic E-state index is 0.0337. The molecule has 0 aromatic carbocycles. The van der Waals surface area contributed by atoms with Gasteiger partial charge < -0.3 is 36.3 Å². The zero-order valence-electron chi connectivity index (χ0n) is 17.3. The summed E-state index contributed by atoms with van der Waals surface area (Å²) < 4.78 is 0. The molecule has 0 aliphatic carbocycles. The third-order valence-corrected chi connectivity index (χ3v) is 5.21. The number of carbonyl (C=O) groups is 4. The summed E-state index contributed by atoms with van der Waals surface area (Å²) in [5.74, 6) is -2.68. The molecule has 3 amide bonds. The van der Waals surface area contributed by atoms with Crippen LogP contribution in [0.3, 0.4) is 0 Å². The third-order valence-electron chi connectivity index (χ3n) is 5.21. The van der Waals surface area contributed by atoms with Gasteiger partial charge in [0.2, 0.25) is 17.7 Å². The number of nitrogens with two attached hydrogens (primary N) is 1. The number of likely N-dealkylation sites (tertiary alicyclic amines) is 1. The molecule has 0 spiro atoms. The summed E-state index contributed by atoms with van der Waals surface area (Å²) >= 11 is 0. The van der Waals surface area contributed by atoms with Crippen LogP contribution in [-0.4, -0.2) is 84.8 Å². The Morgan fingerprint density at radius 1 is 1.16 bits per heavy atom. The van der Waals surface area contributed by atoms with Crippen LogP contribution in [0.2, 0.25) is 0 Å². The van der Waals surface area contributed by atoms with Crippen molar-refractivity contribution in [1.29, 1.82) is 0 Å². The fourth-order valence-corrected chi connectivity index (χ4v) is 3.54. The number of rotatable bonds is 10. The summed E-state index contributed by atoms with van der Waals surface area (Å²) in [6, 6.07) is -2.83. The lowest BCUT2D eigenvalue weighted by atomic mass is 10.1. The van der Waals surface area contributed by atoms with Gasteiger partial charge in [-0.25, -0.2) is 14.8 Å². The average Bonchev–Trinajstić information content (AvgIpc) is 3.53. The van der Waals surface area contributed by atoms with Crippen LogP contribution in [0.1, 0.15) is 24.2 Å². The van der Waals surface area contributed by atoms with Crippen LogP contribution in [0.4, 0.5) is 0 Å². The van der Waals surface area contributed by atoms with E-state index in [1.165, 1.54) is 23.8 Å². The van der Waals surface area contributed by atoms with Gasteiger partial charge >= 0.3 is 5.97 Å². The van der Waals surface area contributed by atoms with Crippen molar-refractivity contribution in [2.75, 3.05) is 13.1 Å². The van der Waals surface area contributed by atoms with E-state index in [1.54, 1.807) is 6.20 Å². The van der Waals surface area contributed by atoms with Crippen molar-refractivity contribution < 1.29 is 24.3 Å². The van der Waals surface area contributed by atoms with E-state index >= 15 is 0 Å². The van der Waals surface area contributed by atoms with Crippen molar-refractivity contribution in [3.63, 3.8) is 0 Å². The van der Waals surface area contributed by atoms with Gasteiger partial charge in [0.25, 0.3) is 0 Å². The van der Waals surface area contributed by atoms with Crippen LogP contribution in [0.25, 0.3) is 0 Å². The summed E-state index contributed by atoms with van der Waals surface area (Å²) in [6.07, 6.45) is 7.20. The highest BCUT2D eigenvalue weighted by molar-refractivity contribution is 5.93. The number of carboxylic acid groups (broad SMARTS) is 1. The highest BCUT2D eigenvalue weighted by Gasteiger charge is 2.36. The first kappa shape index (κ1) is 22.9. The number of aliphatic carboxylic acids is 1. The SMILES string of the molecule is NC(Cc1cnc[nH]1)C(=O)NCC(=O)N1CCCC1C(=O)NC(Cc1cnc[nH]1)C(=O)O. The van der Waals surface area contributed by atoms with Gasteiger partial charge in [-0.1, -0.05) is 0 Å². The molecule has 1 saturated heterocycles. The van der Waals surface area contributed by atoms with Crippen LogP contribution in [0, 0.1) is 0 Å². The van der Waals surface area contributed by atoms with E-state index < -0.39 is 41.8 Å². The Bertz CT molecular complexity index is 930. The summed E-state index contributed by atoms with van der Waals surface area (Å²) in [5.41, 5.74) is 7.11. The molecule has 3 rings (SSSR count). The first-order valence-electron chi connectivity index (χ1n) is 10.2. The molecule has 3 heterocycles. The van der Waals surface area contributed by atoms with Crippen molar-refractivity contribution in [2.45, 2.75) is 43.8 Å². The van der Waals surface area contributed by atoms with E-state index in [4.69, 9.17) is 5.73 Å². The van der Waals surface area contributed by atoms with Crippen LogP contribution >= 0.6 is 0 Å². The van der Waals surface area contributed by atoms with E-state index in [0.29, 0.717) is 30.8 Å². The maximum Gasteiger partial charge on any atom is 0.326 e. The third kappa shape index (κ3) is 5.91. The van der Waals surface area contributed by atoms with Crippen molar-refractivity contribution in [3.8, 4) is 0 Å². The molecule has 172 valence electrons. The standard InChI is InChI=1S/C19H26N8O5/c20-13(4-11-6-21-9-24-11)17(29)23-8-16(28)27-3-1-2-15(27)18(30)26-14(19(31)32)5-12-7-22-10-25-12/h6-7,9-10,13-15H,1-5,8,20H2,(H,21,24)(H,22,25)(H,23,29)(H,26,30)(H,31,32). The maximum absolute atomic E-state index is 12.7. The number of aromatic nitrogens is 4. The number of nitrogens with one attached hydrogen (secondary N) is 4. The predicted molar refractivity (Wildman–Crippen MR) is 110 cm³/mol. The lowest BCUT2D eigenvalue weighted by Gasteiger charge is -2.25. The fraction of sp³-hybridized carbons (Fsp3) is 0.474. The number of H-pyrrole nitrogens is 2. The molecule has 0 saturated carbocycles. The largest absolute Gasteiger partial charge is 0.480 e. The van der Waals surface area contributed by atoms with Crippen molar-refractivity contribution >= 4 is 23.7 Å². The summed E-state index contributed by atoms with van der Waals surface area (Å²) in [5, 5.41) is 14.4. The van der Waals surface area contributed by atoms with Gasteiger partial charge in [0, 0.05) is 43.2 Å². The van der Waals surface area contributed by atoms with E-state index in [9.17, 15) is 24.3 Å². The van der Waals surface area contributed by atoms with Gasteiger partial charge in [-0.15, -0.1) is 0 Å². The molecule has 32 heavy (non-hydrogen) atoms. The molecule has 2 aromatic rings. The first-order chi connectivity index (χ1) is 15.3. The fourth-order valence-electron chi connectivity index (χ4n) is 3.54. The monoisotopic (exact) mass is 446 g/mol. The number of aromatic amines is 2. The lowest BCUT2D eigenvalue weighted by molar-refractivity contribution is -0.144. The molecule has 13 nitrogen and oxygen atoms in total. The number of hydrogen-bond donors (Lipinski definition) is 6. The molecule has 13 heteroatoms. The molecular weight excluding hydrogens is 420 g/mol. The van der Waals surface area contributed by atoms with Crippen LogP contribution in [0.5, 0.6) is 0 Å². The molecule has 7 N–H and O–H groups in total. The highest BCUT2D eigenvalue weighted by atomic mass is 16.4. The molecule has 0 radical (unpaired) electrons. The van der Waals surface area contributed by atoms with Crippen LogP contribution < -0.4 is 16.4 Å². The minimum Gasteiger partial charge on any atom is -0.480 e. The lowest BCUT2D eigenvalue weighted by Crippen LogP contribution is -2.53. The quantitative estimate of drug-likeness (QED) is 0.239. The molecule has 1 fully saturated rings.